The molecule has 3 rings (SSSR count). The summed E-state index contributed by atoms with van der Waals surface area (Å²) in [6.45, 7) is 5.98. The Morgan fingerprint density at radius 2 is 2.00 bits per heavy atom. The highest BCUT2D eigenvalue weighted by atomic mass is 79.9. The summed E-state index contributed by atoms with van der Waals surface area (Å²) in [5.74, 6) is 0.682. The Kier molecular flexibility index (Phi) is 5.69. The Morgan fingerprint density at radius 3 is 2.72 bits per heavy atom. The van der Waals surface area contributed by atoms with Crippen LogP contribution in [-0.2, 0) is 0 Å². The number of amides is 1. The monoisotopic (exact) mass is 424 g/mol. The second-order valence-electron chi connectivity index (χ2n) is 6.85. The number of aryl methyl sites for hydroxylation is 1. The number of carbonyl (C=O) groups is 1. The topological polar surface area (TPSA) is 64.3 Å². The van der Waals surface area contributed by atoms with Gasteiger partial charge in [0.05, 0.1) is 6.04 Å². The van der Waals surface area contributed by atoms with E-state index in [0.717, 1.165) is 21.3 Å². The standard InChI is InChI=1S/C19H21BrN2O2.ClH/c1-11-4-5-12(20)8-14(11)18(23)22-16-10-19(2,3)24-17-7-6-13(21)9-15(16)17;/h4-9,16H,10,21H2,1-3H3,(H,22,23);1H. The Morgan fingerprint density at radius 1 is 1.28 bits per heavy atom. The van der Waals surface area contributed by atoms with Crippen molar-refractivity contribution in [2.24, 2.45) is 0 Å². The van der Waals surface area contributed by atoms with Crippen molar-refractivity contribution < 1.29 is 9.53 Å². The predicted molar refractivity (Wildman–Crippen MR) is 107 cm³/mol. The molecule has 3 N–H and O–H groups in total. The summed E-state index contributed by atoms with van der Waals surface area (Å²) >= 11 is 3.43. The average Bonchev–Trinajstić information content (AvgIpc) is 2.49. The molecule has 2 aromatic rings. The van der Waals surface area contributed by atoms with Crippen molar-refractivity contribution in [3.05, 3.63) is 57.6 Å². The SMILES string of the molecule is Cc1ccc(Br)cc1C(=O)NC1CC(C)(C)Oc2ccc(N)cc21.Cl. The third kappa shape index (κ3) is 4.28. The van der Waals surface area contributed by atoms with E-state index in [-0.39, 0.29) is 30.0 Å². The predicted octanol–water partition coefficient (Wildman–Crippen LogP) is 4.79. The van der Waals surface area contributed by atoms with Gasteiger partial charge in [-0.1, -0.05) is 22.0 Å². The normalized spacial score (nSPS) is 17.7. The molecule has 0 saturated heterocycles. The van der Waals surface area contributed by atoms with E-state index in [1.54, 1.807) is 0 Å². The number of fused-ring (bicyclic) bond motifs is 1. The van der Waals surface area contributed by atoms with Gasteiger partial charge in [-0.25, -0.2) is 0 Å². The fourth-order valence-corrected chi connectivity index (χ4v) is 3.44. The summed E-state index contributed by atoms with van der Waals surface area (Å²) in [5, 5.41) is 3.15. The summed E-state index contributed by atoms with van der Waals surface area (Å²) in [5.41, 5.74) is 8.76. The van der Waals surface area contributed by atoms with E-state index >= 15 is 0 Å². The second-order valence-corrected chi connectivity index (χ2v) is 7.76. The zero-order chi connectivity index (χ0) is 17.5. The summed E-state index contributed by atoms with van der Waals surface area (Å²) in [6, 6.07) is 11.1. The molecule has 1 atom stereocenters. The molecule has 1 unspecified atom stereocenters. The van der Waals surface area contributed by atoms with Gasteiger partial charge in [-0.2, -0.15) is 0 Å². The number of benzene rings is 2. The van der Waals surface area contributed by atoms with Crippen LogP contribution in [0.2, 0.25) is 0 Å². The van der Waals surface area contributed by atoms with Crippen molar-refractivity contribution in [2.45, 2.75) is 38.8 Å². The average molecular weight is 426 g/mol. The van der Waals surface area contributed by atoms with E-state index in [2.05, 4.69) is 21.2 Å². The first kappa shape index (κ1) is 19.6. The van der Waals surface area contributed by atoms with Crippen LogP contribution in [0.5, 0.6) is 5.75 Å². The zero-order valence-corrected chi connectivity index (χ0v) is 16.8. The molecular weight excluding hydrogens is 404 g/mol. The molecule has 1 amide bonds. The molecule has 4 nitrogen and oxygen atoms in total. The van der Waals surface area contributed by atoms with Gasteiger partial charge in [0.2, 0.25) is 0 Å². The molecule has 6 heteroatoms. The fourth-order valence-electron chi connectivity index (χ4n) is 3.08. The number of carbonyl (C=O) groups excluding carboxylic acids is 1. The van der Waals surface area contributed by atoms with E-state index in [1.807, 2.05) is 57.2 Å². The summed E-state index contributed by atoms with van der Waals surface area (Å²) < 4.78 is 6.90. The lowest BCUT2D eigenvalue weighted by molar-refractivity contribution is 0.0620. The lowest BCUT2D eigenvalue weighted by Crippen LogP contribution is -2.41. The first-order valence-corrected chi connectivity index (χ1v) is 8.70. The number of nitrogens with two attached hydrogens (primary N) is 1. The van der Waals surface area contributed by atoms with E-state index in [9.17, 15) is 4.79 Å². The van der Waals surface area contributed by atoms with Gasteiger partial charge in [0.1, 0.15) is 11.4 Å². The van der Waals surface area contributed by atoms with Gasteiger partial charge >= 0.3 is 0 Å². The van der Waals surface area contributed by atoms with Crippen molar-refractivity contribution in [3.8, 4) is 5.75 Å². The van der Waals surface area contributed by atoms with Gasteiger partial charge < -0.3 is 15.8 Å². The molecule has 1 aliphatic heterocycles. The van der Waals surface area contributed by atoms with E-state index in [0.29, 0.717) is 17.7 Å². The van der Waals surface area contributed by atoms with Gasteiger partial charge in [-0.3, -0.25) is 4.79 Å². The van der Waals surface area contributed by atoms with Crippen molar-refractivity contribution in [2.75, 3.05) is 5.73 Å². The maximum atomic E-state index is 12.8. The third-order valence-corrected chi connectivity index (χ3v) is 4.73. The largest absolute Gasteiger partial charge is 0.487 e. The summed E-state index contributed by atoms with van der Waals surface area (Å²) in [4.78, 5) is 12.8. The van der Waals surface area contributed by atoms with Gasteiger partial charge in [-0.15, -0.1) is 12.4 Å². The molecule has 1 aliphatic rings. The van der Waals surface area contributed by atoms with Crippen LogP contribution in [0.3, 0.4) is 0 Å². The maximum absolute atomic E-state index is 12.8. The second kappa shape index (κ2) is 7.26. The van der Waals surface area contributed by atoms with Crippen LogP contribution in [0.4, 0.5) is 5.69 Å². The van der Waals surface area contributed by atoms with E-state index in [4.69, 9.17) is 10.5 Å². The van der Waals surface area contributed by atoms with Crippen molar-refractivity contribution in [3.63, 3.8) is 0 Å². The Hall–Kier alpha value is -1.72. The minimum atomic E-state index is -0.354. The molecule has 25 heavy (non-hydrogen) atoms. The molecule has 0 saturated carbocycles. The molecule has 0 aromatic heterocycles. The van der Waals surface area contributed by atoms with Gasteiger partial charge in [-0.05, 0) is 56.7 Å². The summed E-state index contributed by atoms with van der Waals surface area (Å²) in [6.07, 6.45) is 0.683. The van der Waals surface area contributed by atoms with E-state index in [1.165, 1.54) is 0 Å². The summed E-state index contributed by atoms with van der Waals surface area (Å²) in [7, 11) is 0. The maximum Gasteiger partial charge on any atom is 0.252 e. The lowest BCUT2D eigenvalue weighted by Gasteiger charge is -2.38. The fraction of sp³-hybridized carbons (Fsp3) is 0.316. The number of halogens is 2. The number of hydrogen-bond donors (Lipinski definition) is 2. The van der Waals surface area contributed by atoms with Crippen LogP contribution in [0.15, 0.2) is 40.9 Å². The highest BCUT2D eigenvalue weighted by molar-refractivity contribution is 9.10. The highest BCUT2D eigenvalue weighted by Gasteiger charge is 2.34. The van der Waals surface area contributed by atoms with Crippen LogP contribution in [0, 0.1) is 6.92 Å². The van der Waals surface area contributed by atoms with Gasteiger partial charge in [0.25, 0.3) is 5.91 Å². The number of rotatable bonds is 2. The smallest absolute Gasteiger partial charge is 0.252 e. The molecule has 0 bridgehead atoms. The number of nitrogen functional groups attached to an aromatic ring is 1. The highest BCUT2D eigenvalue weighted by Crippen LogP contribution is 2.40. The van der Waals surface area contributed by atoms with Crippen LogP contribution in [0.1, 0.15) is 47.8 Å². The molecule has 0 spiro atoms. The van der Waals surface area contributed by atoms with Crippen LogP contribution >= 0.6 is 28.3 Å². The van der Waals surface area contributed by atoms with E-state index < -0.39 is 0 Å². The molecule has 0 radical (unpaired) electrons. The number of anilines is 1. The Bertz CT molecular complexity index is 808. The van der Waals surface area contributed by atoms with Crippen molar-refractivity contribution in [1.29, 1.82) is 0 Å². The van der Waals surface area contributed by atoms with Gasteiger partial charge in [0, 0.05) is 27.7 Å². The Balaban J connectivity index is 0.00000225. The Labute approximate surface area is 162 Å². The first-order valence-electron chi connectivity index (χ1n) is 7.91. The minimum absolute atomic E-state index is 0. The molecule has 1 heterocycles. The first-order chi connectivity index (χ1) is 11.2. The molecule has 0 fully saturated rings. The lowest BCUT2D eigenvalue weighted by atomic mass is 9.89. The quantitative estimate of drug-likeness (QED) is 0.680. The molecule has 2 aromatic carbocycles. The third-order valence-electron chi connectivity index (χ3n) is 4.24. The number of hydrogen-bond acceptors (Lipinski definition) is 3. The minimum Gasteiger partial charge on any atom is -0.487 e. The number of nitrogens with one attached hydrogen (secondary N) is 1. The van der Waals surface area contributed by atoms with Crippen LogP contribution in [-0.4, -0.2) is 11.5 Å². The van der Waals surface area contributed by atoms with Gasteiger partial charge in [0.15, 0.2) is 0 Å². The zero-order valence-electron chi connectivity index (χ0n) is 14.4. The van der Waals surface area contributed by atoms with Crippen molar-refractivity contribution >= 4 is 39.9 Å². The molecule has 134 valence electrons. The molecule has 0 aliphatic carbocycles. The number of ether oxygens (including phenoxy) is 1. The van der Waals surface area contributed by atoms with Crippen LogP contribution in [0.25, 0.3) is 0 Å². The van der Waals surface area contributed by atoms with Crippen molar-refractivity contribution in [1.82, 2.24) is 5.32 Å². The van der Waals surface area contributed by atoms with Crippen LogP contribution < -0.4 is 15.8 Å². The molecular formula is C19H22BrClN2O2.